The highest BCUT2D eigenvalue weighted by Crippen LogP contribution is 2.47. The van der Waals surface area contributed by atoms with E-state index < -0.39 is 5.41 Å². The second-order valence-corrected chi connectivity index (χ2v) is 9.99. The zero-order valence-corrected chi connectivity index (χ0v) is 20.8. The Balaban J connectivity index is 1.12. The van der Waals surface area contributed by atoms with Gasteiger partial charge < -0.3 is 20.9 Å². The molecule has 4 aromatic rings. The summed E-state index contributed by atoms with van der Waals surface area (Å²) in [6, 6.07) is 17.7. The number of hydrogen-bond donors (Lipinski definition) is 3. The first-order valence-electron chi connectivity index (χ1n) is 12.6. The molecule has 1 unspecified atom stereocenters. The minimum absolute atomic E-state index is 0.00110. The molecule has 2 aromatic carbocycles. The summed E-state index contributed by atoms with van der Waals surface area (Å²) in [5, 5.41) is 9.41. The van der Waals surface area contributed by atoms with E-state index >= 15 is 0 Å². The zero-order chi connectivity index (χ0) is 25.9. The molecule has 1 atom stereocenters. The number of anilines is 5. The summed E-state index contributed by atoms with van der Waals surface area (Å²) in [6.45, 7) is 0.618. The van der Waals surface area contributed by atoms with Gasteiger partial charge in [-0.15, -0.1) is 0 Å². The number of aromatic nitrogens is 3. The maximum Gasteiger partial charge on any atom is 0.277 e. The largest absolute Gasteiger partial charge is 0.388 e. The molecule has 9 nitrogen and oxygen atoms in total. The molecule has 2 aromatic heterocycles. The predicted octanol–water partition coefficient (Wildman–Crippen LogP) is 3.85. The summed E-state index contributed by atoms with van der Waals surface area (Å²) < 4.78 is 0. The Kier molecular flexibility index (Phi) is 4.94. The van der Waals surface area contributed by atoms with Gasteiger partial charge in [-0.3, -0.25) is 9.59 Å². The predicted molar refractivity (Wildman–Crippen MR) is 145 cm³/mol. The van der Waals surface area contributed by atoms with Gasteiger partial charge in [0.2, 0.25) is 5.91 Å². The smallest absolute Gasteiger partial charge is 0.277 e. The third kappa shape index (κ3) is 3.42. The number of amides is 2. The van der Waals surface area contributed by atoms with E-state index in [9.17, 15) is 9.59 Å². The van der Waals surface area contributed by atoms with Gasteiger partial charge in [-0.25, -0.2) is 15.0 Å². The third-order valence-electron chi connectivity index (χ3n) is 7.85. The van der Waals surface area contributed by atoms with Gasteiger partial charge in [0.15, 0.2) is 0 Å². The summed E-state index contributed by atoms with van der Waals surface area (Å²) in [5.41, 5.74) is 6.80. The lowest BCUT2D eigenvalue weighted by molar-refractivity contribution is -0.120. The van der Waals surface area contributed by atoms with E-state index in [0.717, 1.165) is 45.7 Å². The van der Waals surface area contributed by atoms with Gasteiger partial charge in [0.05, 0.1) is 5.41 Å². The van der Waals surface area contributed by atoms with E-state index in [1.165, 1.54) is 6.33 Å². The summed E-state index contributed by atoms with van der Waals surface area (Å²) in [5.74, 6) is 1.04. The van der Waals surface area contributed by atoms with Gasteiger partial charge in [-0.1, -0.05) is 18.2 Å². The molecule has 0 saturated carbocycles. The third-order valence-corrected chi connectivity index (χ3v) is 7.85. The normalized spacial score (nSPS) is 18.7. The Morgan fingerprint density at radius 2 is 1.82 bits per heavy atom. The summed E-state index contributed by atoms with van der Waals surface area (Å²) in [6.07, 6.45) is 5.18. The lowest BCUT2D eigenvalue weighted by atomic mass is 9.79. The van der Waals surface area contributed by atoms with Crippen LogP contribution in [0, 0.1) is 0 Å². The minimum Gasteiger partial charge on any atom is -0.388 e. The van der Waals surface area contributed by atoms with E-state index in [1.54, 1.807) is 17.2 Å². The SMILES string of the molecule is CNc1ccc2c(c1)N(C(=O)c1cc(Nc3ccc4c(c3)CC3(C4)C(=O)Nc4ncccc43)ncn1)CC2. The topological polar surface area (TPSA) is 112 Å². The van der Waals surface area contributed by atoms with Crippen LogP contribution >= 0.6 is 0 Å². The van der Waals surface area contributed by atoms with Crippen molar-refractivity contribution >= 4 is 40.5 Å². The van der Waals surface area contributed by atoms with Crippen LogP contribution in [-0.2, 0) is 29.5 Å². The number of nitrogens with zero attached hydrogens (tertiary/aromatic N) is 4. The average molecular weight is 504 g/mol. The second-order valence-electron chi connectivity index (χ2n) is 9.99. The maximum absolute atomic E-state index is 13.4. The Morgan fingerprint density at radius 1 is 0.974 bits per heavy atom. The molecular weight excluding hydrogens is 478 g/mol. The molecule has 38 heavy (non-hydrogen) atoms. The number of pyridine rings is 1. The van der Waals surface area contributed by atoms with Crippen LogP contribution in [0.15, 0.2) is 67.1 Å². The number of rotatable bonds is 4. The van der Waals surface area contributed by atoms with Gasteiger partial charge in [-0.05, 0) is 66.3 Å². The fourth-order valence-electron chi connectivity index (χ4n) is 5.92. The Hall–Kier alpha value is -4.79. The zero-order valence-electron chi connectivity index (χ0n) is 20.8. The molecule has 0 fully saturated rings. The van der Waals surface area contributed by atoms with Crippen LogP contribution in [0.5, 0.6) is 0 Å². The van der Waals surface area contributed by atoms with E-state index in [4.69, 9.17) is 0 Å². The molecule has 0 radical (unpaired) electrons. The number of nitrogens with one attached hydrogen (secondary N) is 3. The first-order chi connectivity index (χ1) is 18.5. The molecule has 3 N–H and O–H groups in total. The van der Waals surface area contributed by atoms with Crippen molar-refractivity contribution in [1.82, 2.24) is 15.0 Å². The molecule has 4 heterocycles. The first-order valence-corrected chi connectivity index (χ1v) is 12.6. The highest BCUT2D eigenvalue weighted by Gasteiger charge is 2.51. The molecule has 188 valence electrons. The van der Waals surface area contributed by atoms with Gasteiger partial charge in [-0.2, -0.15) is 0 Å². The number of fused-ring (bicyclic) bond motifs is 4. The van der Waals surface area contributed by atoms with Crippen LogP contribution < -0.4 is 20.9 Å². The Labute approximate surface area is 219 Å². The van der Waals surface area contributed by atoms with Crippen LogP contribution in [0.25, 0.3) is 0 Å². The Bertz CT molecular complexity index is 1640. The molecule has 9 heteroatoms. The number of carbonyl (C=O) groups excluding carboxylic acids is 2. The van der Waals surface area contributed by atoms with Crippen molar-refractivity contribution in [3.05, 3.63) is 95.1 Å². The van der Waals surface area contributed by atoms with Gasteiger partial charge >= 0.3 is 0 Å². The average Bonchev–Trinajstić information content (AvgIpc) is 3.61. The molecular formula is C29H25N7O2. The highest BCUT2D eigenvalue weighted by molar-refractivity contribution is 6.07. The quantitative estimate of drug-likeness (QED) is 0.388. The van der Waals surface area contributed by atoms with Crippen molar-refractivity contribution in [3.8, 4) is 0 Å². The first kappa shape index (κ1) is 22.4. The molecule has 0 saturated heterocycles. The number of benzene rings is 2. The van der Waals surface area contributed by atoms with Gasteiger partial charge in [0.1, 0.15) is 23.7 Å². The fourth-order valence-corrected chi connectivity index (χ4v) is 5.92. The lowest BCUT2D eigenvalue weighted by Crippen LogP contribution is -2.35. The summed E-state index contributed by atoms with van der Waals surface area (Å²) in [7, 11) is 1.86. The monoisotopic (exact) mass is 503 g/mol. The van der Waals surface area contributed by atoms with E-state index in [-0.39, 0.29) is 11.8 Å². The fraction of sp³-hybridized carbons (Fsp3) is 0.207. The van der Waals surface area contributed by atoms with Crippen molar-refractivity contribution in [2.45, 2.75) is 24.7 Å². The van der Waals surface area contributed by atoms with Crippen LogP contribution in [0.3, 0.4) is 0 Å². The summed E-state index contributed by atoms with van der Waals surface area (Å²) >= 11 is 0. The van der Waals surface area contributed by atoms with Crippen molar-refractivity contribution in [3.63, 3.8) is 0 Å². The molecule has 2 aliphatic heterocycles. The van der Waals surface area contributed by atoms with Gasteiger partial charge in [0.25, 0.3) is 5.91 Å². The lowest BCUT2D eigenvalue weighted by Gasteiger charge is -2.20. The van der Waals surface area contributed by atoms with Crippen LogP contribution in [0.4, 0.5) is 28.7 Å². The summed E-state index contributed by atoms with van der Waals surface area (Å²) in [4.78, 5) is 41.1. The second kappa shape index (κ2) is 8.37. The minimum atomic E-state index is -0.613. The van der Waals surface area contributed by atoms with Crippen LogP contribution in [0.1, 0.15) is 32.7 Å². The van der Waals surface area contributed by atoms with Gasteiger partial charge in [0, 0.05) is 48.5 Å². The highest BCUT2D eigenvalue weighted by atomic mass is 16.2. The Morgan fingerprint density at radius 3 is 2.71 bits per heavy atom. The van der Waals surface area contributed by atoms with Crippen molar-refractivity contribution in [2.24, 2.45) is 0 Å². The number of hydrogen-bond acceptors (Lipinski definition) is 7. The van der Waals surface area contributed by atoms with E-state index in [2.05, 4.69) is 49.1 Å². The molecule has 0 bridgehead atoms. The maximum atomic E-state index is 13.4. The molecule has 1 spiro atoms. The standard InChI is InChI=1S/C29H25N7O2/c1-30-20-6-4-17-8-10-36(24(17)12-20)27(37)23-13-25(33-16-32-23)34-21-7-5-18-14-29(15-19(18)11-21)22-3-2-9-31-26(22)35-28(29)38/h2-7,9,11-13,16,30H,8,10,14-15H2,1H3,(H,31,35,38)(H,32,33,34). The molecule has 1 aliphatic carbocycles. The number of carbonyl (C=O) groups is 2. The van der Waals surface area contributed by atoms with Crippen LogP contribution in [-0.4, -0.2) is 40.4 Å². The van der Waals surface area contributed by atoms with E-state index in [0.29, 0.717) is 36.7 Å². The molecule has 7 rings (SSSR count). The molecule has 2 amide bonds. The van der Waals surface area contributed by atoms with E-state index in [1.807, 2.05) is 37.4 Å². The van der Waals surface area contributed by atoms with Crippen molar-refractivity contribution < 1.29 is 9.59 Å². The van der Waals surface area contributed by atoms with Crippen LogP contribution in [0.2, 0.25) is 0 Å². The molecule has 3 aliphatic rings. The van der Waals surface area contributed by atoms with Crippen molar-refractivity contribution in [2.75, 3.05) is 34.4 Å². The van der Waals surface area contributed by atoms with Crippen molar-refractivity contribution in [1.29, 1.82) is 0 Å².